The van der Waals surface area contributed by atoms with Gasteiger partial charge in [-0.3, -0.25) is 0 Å². The number of ether oxygens (including phenoxy) is 4. The molecule has 0 atom stereocenters. The summed E-state index contributed by atoms with van der Waals surface area (Å²) in [6, 6.07) is 9.37. The van der Waals surface area contributed by atoms with Gasteiger partial charge in [0.05, 0.1) is 15.2 Å². The van der Waals surface area contributed by atoms with Crippen molar-refractivity contribution in [3.8, 4) is 17.2 Å². The van der Waals surface area contributed by atoms with Crippen LogP contribution in [0.15, 0.2) is 36.4 Å². The number of esters is 1. The van der Waals surface area contributed by atoms with Crippen LogP contribution in [0.4, 0.5) is 4.39 Å². The fourth-order valence-corrected chi connectivity index (χ4v) is 4.37. The van der Waals surface area contributed by atoms with Crippen molar-refractivity contribution in [2.75, 3.05) is 21.0 Å². The van der Waals surface area contributed by atoms with Crippen molar-refractivity contribution >= 4 is 19.2 Å². The first kappa shape index (κ1) is 19.9. The van der Waals surface area contributed by atoms with E-state index in [9.17, 15) is 9.18 Å². The fourth-order valence-electron chi connectivity index (χ4n) is 2.60. The second-order valence-electron chi connectivity index (χ2n) is 6.64. The summed E-state index contributed by atoms with van der Waals surface area (Å²) in [6.45, 7) is 6.38. The van der Waals surface area contributed by atoms with Gasteiger partial charge in [-0.15, -0.1) is 0 Å². The Morgan fingerprint density at radius 3 is 2.23 bits per heavy atom. The molecule has 0 fully saturated rings. The SMILES string of the molecule is COCOc1cccc(OC(=O)c2c(F)cccc2OC)c1[Si](C)(C)C. The van der Waals surface area contributed by atoms with E-state index in [1.807, 2.05) is 0 Å². The van der Waals surface area contributed by atoms with Gasteiger partial charge in [0.15, 0.2) is 6.79 Å². The van der Waals surface area contributed by atoms with E-state index >= 15 is 0 Å². The topological polar surface area (TPSA) is 54.0 Å². The van der Waals surface area contributed by atoms with Crippen LogP contribution in [0.5, 0.6) is 17.2 Å². The van der Waals surface area contributed by atoms with Crippen LogP contribution in [0.25, 0.3) is 0 Å². The maximum atomic E-state index is 14.2. The summed E-state index contributed by atoms with van der Waals surface area (Å²) in [5.41, 5.74) is -0.236. The molecule has 0 aliphatic heterocycles. The van der Waals surface area contributed by atoms with Gasteiger partial charge in [-0.2, -0.15) is 0 Å². The molecule has 0 aliphatic rings. The van der Waals surface area contributed by atoms with Gasteiger partial charge in [0.1, 0.15) is 28.6 Å². The van der Waals surface area contributed by atoms with E-state index < -0.39 is 19.9 Å². The van der Waals surface area contributed by atoms with Crippen LogP contribution in [-0.2, 0) is 4.74 Å². The lowest BCUT2D eigenvalue weighted by atomic mass is 10.2. The summed E-state index contributed by atoms with van der Waals surface area (Å²) in [7, 11) is 0.945. The van der Waals surface area contributed by atoms with Crippen LogP contribution >= 0.6 is 0 Å². The number of hydrogen-bond acceptors (Lipinski definition) is 5. The Morgan fingerprint density at radius 1 is 1.00 bits per heavy atom. The number of rotatable bonds is 7. The van der Waals surface area contributed by atoms with Crippen molar-refractivity contribution < 1.29 is 28.1 Å². The molecule has 0 heterocycles. The Bertz CT molecular complexity index is 786. The van der Waals surface area contributed by atoms with Gasteiger partial charge in [-0.1, -0.05) is 31.8 Å². The minimum Gasteiger partial charge on any atom is -0.496 e. The number of hydrogen-bond donors (Lipinski definition) is 0. The van der Waals surface area contributed by atoms with Gasteiger partial charge in [0, 0.05) is 12.3 Å². The summed E-state index contributed by atoms with van der Waals surface area (Å²) in [5, 5.41) is 0.820. The molecular formula is C19H23FO5Si. The number of methoxy groups -OCH3 is 2. The molecule has 0 radical (unpaired) electrons. The molecule has 2 aromatic carbocycles. The van der Waals surface area contributed by atoms with Crippen molar-refractivity contribution in [1.82, 2.24) is 0 Å². The molecule has 2 aromatic rings. The highest BCUT2D eigenvalue weighted by Crippen LogP contribution is 2.26. The maximum Gasteiger partial charge on any atom is 0.350 e. The monoisotopic (exact) mass is 378 g/mol. The Balaban J connectivity index is 2.45. The van der Waals surface area contributed by atoms with E-state index in [0.29, 0.717) is 11.5 Å². The normalized spacial score (nSPS) is 11.2. The third-order valence-electron chi connectivity index (χ3n) is 3.67. The Labute approximate surface area is 153 Å². The molecule has 0 unspecified atom stereocenters. The second kappa shape index (κ2) is 8.33. The third-order valence-corrected chi connectivity index (χ3v) is 5.67. The Kier molecular flexibility index (Phi) is 6.39. The van der Waals surface area contributed by atoms with Crippen LogP contribution in [0, 0.1) is 5.82 Å². The number of carbonyl (C=O) groups is 1. The molecule has 0 N–H and O–H groups in total. The van der Waals surface area contributed by atoms with Gasteiger partial charge in [0.25, 0.3) is 0 Å². The number of halogens is 1. The summed E-state index contributed by atoms with van der Waals surface area (Å²) >= 11 is 0. The van der Waals surface area contributed by atoms with Crippen LogP contribution in [0.1, 0.15) is 10.4 Å². The molecule has 5 nitrogen and oxygen atoms in total. The van der Waals surface area contributed by atoms with Crippen LogP contribution in [-0.4, -0.2) is 35.1 Å². The Hall–Kier alpha value is -2.38. The first-order chi connectivity index (χ1) is 12.3. The van der Waals surface area contributed by atoms with Crippen molar-refractivity contribution in [1.29, 1.82) is 0 Å². The average Bonchev–Trinajstić information content (AvgIpc) is 2.58. The summed E-state index contributed by atoms with van der Waals surface area (Å²) < 4.78 is 35.4. The minimum absolute atomic E-state index is 0.0794. The predicted octanol–water partition coefficient (Wildman–Crippen LogP) is 3.58. The van der Waals surface area contributed by atoms with Crippen molar-refractivity contribution in [3.05, 3.63) is 47.8 Å². The van der Waals surface area contributed by atoms with Gasteiger partial charge < -0.3 is 18.9 Å². The summed E-state index contributed by atoms with van der Waals surface area (Å²) in [4.78, 5) is 12.6. The van der Waals surface area contributed by atoms with Gasteiger partial charge in [-0.05, 0) is 24.3 Å². The highest BCUT2D eigenvalue weighted by molar-refractivity contribution is 6.90. The van der Waals surface area contributed by atoms with E-state index in [1.54, 1.807) is 18.2 Å². The standard InChI is InChI=1S/C19H23FO5Si/c1-22-12-24-15-10-7-11-16(18(15)26(3,4)5)25-19(21)17-13(20)8-6-9-14(17)23-2/h6-11H,12H2,1-5H3. The molecule has 0 spiro atoms. The molecule has 0 bridgehead atoms. The molecule has 140 valence electrons. The molecule has 0 amide bonds. The molecule has 0 saturated carbocycles. The third kappa shape index (κ3) is 4.42. The molecule has 7 heteroatoms. The highest BCUT2D eigenvalue weighted by atomic mass is 28.3. The van der Waals surface area contributed by atoms with E-state index in [2.05, 4.69) is 19.6 Å². The average molecular weight is 378 g/mol. The highest BCUT2D eigenvalue weighted by Gasteiger charge is 2.28. The van der Waals surface area contributed by atoms with Crippen molar-refractivity contribution in [3.63, 3.8) is 0 Å². The van der Waals surface area contributed by atoms with Crippen LogP contribution in [0.3, 0.4) is 0 Å². The maximum absolute atomic E-state index is 14.2. The molecule has 0 aromatic heterocycles. The zero-order chi connectivity index (χ0) is 19.3. The van der Waals surface area contributed by atoms with Crippen molar-refractivity contribution in [2.24, 2.45) is 0 Å². The lowest BCUT2D eigenvalue weighted by Gasteiger charge is -2.24. The van der Waals surface area contributed by atoms with E-state index in [1.165, 1.54) is 32.4 Å². The zero-order valence-corrected chi connectivity index (χ0v) is 16.6. The molecule has 0 saturated heterocycles. The Morgan fingerprint density at radius 2 is 1.62 bits per heavy atom. The van der Waals surface area contributed by atoms with E-state index in [-0.39, 0.29) is 18.1 Å². The van der Waals surface area contributed by atoms with E-state index in [4.69, 9.17) is 18.9 Å². The second-order valence-corrected chi connectivity index (χ2v) is 11.6. The largest absolute Gasteiger partial charge is 0.496 e. The summed E-state index contributed by atoms with van der Waals surface area (Å²) in [5.74, 6) is -0.444. The molecule has 26 heavy (non-hydrogen) atoms. The van der Waals surface area contributed by atoms with Crippen molar-refractivity contribution in [2.45, 2.75) is 19.6 Å². The smallest absolute Gasteiger partial charge is 0.350 e. The number of benzene rings is 2. The molecule has 2 rings (SSSR count). The van der Waals surface area contributed by atoms with Gasteiger partial charge in [0.2, 0.25) is 0 Å². The molecular weight excluding hydrogens is 355 g/mol. The first-order valence-corrected chi connectivity index (χ1v) is 11.6. The predicted molar refractivity (Wildman–Crippen MR) is 99.8 cm³/mol. The summed E-state index contributed by atoms with van der Waals surface area (Å²) in [6.07, 6.45) is 0. The van der Waals surface area contributed by atoms with Gasteiger partial charge in [-0.25, -0.2) is 9.18 Å². The fraction of sp³-hybridized carbons (Fsp3) is 0.316. The quantitative estimate of drug-likeness (QED) is 0.319. The zero-order valence-electron chi connectivity index (χ0n) is 15.6. The van der Waals surface area contributed by atoms with E-state index in [0.717, 1.165) is 5.19 Å². The van der Waals surface area contributed by atoms with Crippen LogP contribution in [0.2, 0.25) is 19.6 Å². The van der Waals surface area contributed by atoms with Gasteiger partial charge >= 0.3 is 5.97 Å². The first-order valence-electron chi connectivity index (χ1n) is 8.09. The number of carbonyl (C=O) groups excluding carboxylic acids is 1. The lowest BCUT2D eigenvalue weighted by molar-refractivity contribution is 0.0516. The van der Waals surface area contributed by atoms with Crippen LogP contribution < -0.4 is 19.4 Å². The lowest BCUT2D eigenvalue weighted by Crippen LogP contribution is -2.40. The minimum atomic E-state index is -1.96. The molecule has 0 aliphatic carbocycles.